The average Bonchev–Trinajstić information content (AvgIpc) is 2.88. The zero-order valence-electron chi connectivity index (χ0n) is 10.8. The van der Waals surface area contributed by atoms with Crippen LogP contribution in [0.2, 0.25) is 5.02 Å². The zero-order valence-corrected chi connectivity index (χ0v) is 12.3. The summed E-state index contributed by atoms with van der Waals surface area (Å²) in [6, 6.07) is 11.1. The molecule has 0 aliphatic carbocycles. The van der Waals surface area contributed by atoms with Crippen LogP contribution in [0.5, 0.6) is 0 Å². The van der Waals surface area contributed by atoms with Gasteiger partial charge in [-0.25, -0.2) is 5.10 Å². The second-order valence-corrected chi connectivity index (χ2v) is 4.97. The molecule has 0 unspecified atom stereocenters. The van der Waals surface area contributed by atoms with Crippen LogP contribution < -0.4 is 0 Å². The monoisotopic (exact) mass is 315 g/mol. The van der Waals surface area contributed by atoms with Crippen LogP contribution in [0.3, 0.4) is 0 Å². The molecule has 2 aromatic heterocycles. The van der Waals surface area contributed by atoms with Gasteiger partial charge < -0.3 is 0 Å². The minimum Gasteiger partial charge on any atom is -0.264 e. The highest BCUT2D eigenvalue weighted by molar-refractivity contribution is 7.71. The van der Waals surface area contributed by atoms with Crippen molar-refractivity contribution in [1.82, 2.24) is 19.9 Å². The standard InChI is InChI=1S/C14H10ClN5S/c15-12-6-2-1-5-11(12)13-18-19-14(21)20(13)17-9-10-4-3-7-16-8-10/h1-9H,(H,19,21). The number of pyridine rings is 1. The third kappa shape index (κ3) is 2.91. The van der Waals surface area contributed by atoms with Gasteiger partial charge in [-0.1, -0.05) is 29.8 Å². The maximum Gasteiger partial charge on any atom is 0.216 e. The van der Waals surface area contributed by atoms with Gasteiger partial charge in [0.05, 0.1) is 11.2 Å². The van der Waals surface area contributed by atoms with Gasteiger partial charge in [0.1, 0.15) is 0 Å². The first kappa shape index (κ1) is 13.7. The number of nitrogens with one attached hydrogen (secondary N) is 1. The van der Waals surface area contributed by atoms with E-state index in [0.717, 1.165) is 11.1 Å². The van der Waals surface area contributed by atoms with Crippen LogP contribution in [0.15, 0.2) is 53.9 Å². The first-order valence-corrected chi connectivity index (χ1v) is 6.91. The predicted molar refractivity (Wildman–Crippen MR) is 85.1 cm³/mol. The summed E-state index contributed by atoms with van der Waals surface area (Å²) in [7, 11) is 0. The van der Waals surface area contributed by atoms with E-state index >= 15 is 0 Å². The minimum absolute atomic E-state index is 0.394. The van der Waals surface area contributed by atoms with Crippen LogP contribution in [-0.4, -0.2) is 26.1 Å². The lowest BCUT2D eigenvalue weighted by atomic mass is 10.2. The van der Waals surface area contributed by atoms with Crippen LogP contribution >= 0.6 is 23.8 Å². The van der Waals surface area contributed by atoms with E-state index in [1.54, 1.807) is 24.7 Å². The number of aromatic nitrogens is 4. The number of hydrogen-bond acceptors (Lipinski definition) is 4. The highest BCUT2D eigenvalue weighted by atomic mass is 35.5. The summed E-state index contributed by atoms with van der Waals surface area (Å²) in [5.41, 5.74) is 1.63. The quantitative estimate of drug-likeness (QED) is 0.594. The molecule has 0 amide bonds. The molecule has 0 atom stereocenters. The Bertz CT molecular complexity index is 838. The highest BCUT2D eigenvalue weighted by Gasteiger charge is 2.10. The van der Waals surface area contributed by atoms with Crippen molar-refractivity contribution >= 4 is 30.0 Å². The van der Waals surface area contributed by atoms with E-state index in [1.807, 2.05) is 30.3 Å². The Kier molecular flexibility index (Phi) is 3.89. The molecule has 3 rings (SSSR count). The van der Waals surface area contributed by atoms with Crippen molar-refractivity contribution in [2.75, 3.05) is 0 Å². The Morgan fingerprint density at radius 1 is 1.24 bits per heavy atom. The van der Waals surface area contributed by atoms with Crippen molar-refractivity contribution in [3.63, 3.8) is 0 Å². The molecule has 0 radical (unpaired) electrons. The minimum atomic E-state index is 0.394. The Labute approximate surface area is 130 Å². The molecule has 0 spiro atoms. The van der Waals surface area contributed by atoms with Crippen LogP contribution in [0.4, 0.5) is 0 Å². The lowest BCUT2D eigenvalue weighted by Crippen LogP contribution is -1.95. The highest BCUT2D eigenvalue weighted by Crippen LogP contribution is 2.25. The molecule has 3 aromatic rings. The van der Waals surface area contributed by atoms with Gasteiger partial charge >= 0.3 is 0 Å². The number of H-pyrrole nitrogens is 1. The predicted octanol–water partition coefficient (Wildman–Crippen LogP) is 3.54. The van der Waals surface area contributed by atoms with Gasteiger partial charge in [0.15, 0.2) is 5.82 Å². The fraction of sp³-hybridized carbons (Fsp3) is 0. The van der Waals surface area contributed by atoms with Crippen LogP contribution in [0, 0.1) is 4.77 Å². The van der Waals surface area contributed by atoms with Crippen molar-refractivity contribution < 1.29 is 0 Å². The van der Waals surface area contributed by atoms with E-state index in [1.165, 1.54) is 4.68 Å². The van der Waals surface area contributed by atoms with Gasteiger partial charge in [-0.3, -0.25) is 4.98 Å². The van der Waals surface area contributed by atoms with Gasteiger partial charge in [-0.2, -0.15) is 14.9 Å². The number of hydrogen-bond donors (Lipinski definition) is 1. The molecule has 0 aliphatic rings. The van der Waals surface area contributed by atoms with Crippen molar-refractivity contribution in [2.45, 2.75) is 0 Å². The Balaban J connectivity index is 2.05. The fourth-order valence-corrected chi connectivity index (χ4v) is 2.19. The lowest BCUT2D eigenvalue weighted by molar-refractivity contribution is 0.871. The van der Waals surface area contributed by atoms with E-state index in [4.69, 9.17) is 23.8 Å². The SMILES string of the molecule is S=c1[nH]nc(-c2ccccc2Cl)n1N=Cc1cccnc1. The summed E-state index contributed by atoms with van der Waals surface area (Å²) in [5, 5.41) is 11.9. The third-order valence-corrected chi connectivity index (χ3v) is 3.37. The molecule has 0 saturated carbocycles. The van der Waals surface area contributed by atoms with Crippen LogP contribution in [-0.2, 0) is 0 Å². The molecule has 7 heteroatoms. The summed E-state index contributed by atoms with van der Waals surface area (Å²) in [6.45, 7) is 0. The summed E-state index contributed by atoms with van der Waals surface area (Å²) >= 11 is 11.4. The van der Waals surface area contributed by atoms with Gasteiger partial charge in [0, 0.05) is 23.5 Å². The van der Waals surface area contributed by atoms with E-state index in [0.29, 0.717) is 15.6 Å². The Morgan fingerprint density at radius 3 is 2.86 bits per heavy atom. The summed E-state index contributed by atoms with van der Waals surface area (Å²) in [6.07, 6.45) is 5.08. The number of halogens is 1. The molecule has 0 aliphatic heterocycles. The molecule has 0 bridgehead atoms. The second-order valence-electron chi connectivity index (χ2n) is 4.17. The maximum absolute atomic E-state index is 6.19. The van der Waals surface area contributed by atoms with Gasteiger partial charge in [0.25, 0.3) is 0 Å². The zero-order chi connectivity index (χ0) is 14.7. The molecule has 5 nitrogen and oxygen atoms in total. The van der Waals surface area contributed by atoms with Crippen LogP contribution in [0.25, 0.3) is 11.4 Å². The summed E-state index contributed by atoms with van der Waals surface area (Å²) in [4.78, 5) is 4.03. The van der Waals surface area contributed by atoms with Crippen molar-refractivity contribution in [2.24, 2.45) is 5.10 Å². The molecule has 1 aromatic carbocycles. The molecule has 0 fully saturated rings. The molecule has 0 saturated heterocycles. The number of rotatable bonds is 3. The Morgan fingerprint density at radius 2 is 2.10 bits per heavy atom. The molecule has 104 valence electrons. The normalized spacial score (nSPS) is 11.1. The van der Waals surface area contributed by atoms with E-state index in [2.05, 4.69) is 20.3 Å². The largest absolute Gasteiger partial charge is 0.264 e. The second kappa shape index (κ2) is 5.99. The summed E-state index contributed by atoms with van der Waals surface area (Å²) < 4.78 is 1.92. The topological polar surface area (TPSA) is 58.9 Å². The fourth-order valence-electron chi connectivity index (χ4n) is 1.79. The van der Waals surface area contributed by atoms with Gasteiger partial charge in [-0.15, -0.1) is 0 Å². The number of benzene rings is 1. The van der Waals surface area contributed by atoms with E-state index in [9.17, 15) is 0 Å². The number of nitrogens with zero attached hydrogens (tertiary/aromatic N) is 4. The summed E-state index contributed by atoms with van der Waals surface area (Å²) in [5.74, 6) is 0.561. The lowest BCUT2D eigenvalue weighted by Gasteiger charge is -2.02. The molecular formula is C14H10ClN5S. The third-order valence-electron chi connectivity index (χ3n) is 2.77. The van der Waals surface area contributed by atoms with E-state index in [-0.39, 0.29) is 0 Å². The molecule has 1 N–H and O–H groups in total. The van der Waals surface area contributed by atoms with Crippen molar-refractivity contribution in [3.05, 3.63) is 64.1 Å². The van der Waals surface area contributed by atoms with Crippen LogP contribution in [0.1, 0.15) is 5.56 Å². The molecular weight excluding hydrogens is 306 g/mol. The number of aromatic amines is 1. The van der Waals surface area contributed by atoms with Gasteiger partial charge in [0.2, 0.25) is 4.77 Å². The molecule has 21 heavy (non-hydrogen) atoms. The molecule has 2 heterocycles. The first-order valence-electron chi connectivity index (χ1n) is 6.12. The maximum atomic E-state index is 6.19. The van der Waals surface area contributed by atoms with Crippen molar-refractivity contribution in [1.29, 1.82) is 0 Å². The average molecular weight is 316 g/mol. The van der Waals surface area contributed by atoms with Crippen molar-refractivity contribution in [3.8, 4) is 11.4 Å². The first-order chi connectivity index (χ1) is 10.3. The van der Waals surface area contributed by atoms with Gasteiger partial charge in [-0.05, 0) is 30.4 Å². The van der Waals surface area contributed by atoms with E-state index < -0.39 is 0 Å². The Hall–Kier alpha value is -2.31. The smallest absolute Gasteiger partial charge is 0.216 e.